The van der Waals surface area contributed by atoms with Gasteiger partial charge < -0.3 is 9.64 Å². The summed E-state index contributed by atoms with van der Waals surface area (Å²) in [6.07, 6.45) is 1.31. The predicted molar refractivity (Wildman–Crippen MR) is 89.3 cm³/mol. The van der Waals surface area contributed by atoms with Crippen LogP contribution in [-0.4, -0.2) is 41.2 Å². The number of aromatic nitrogens is 1. The van der Waals surface area contributed by atoms with Crippen LogP contribution in [0.5, 0.6) is 0 Å². The molecule has 0 unspecified atom stereocenters. The zero-order valence-corrected chi connectivity index (χ0v) is 14.2. The number of halogens is 2. The first kappa shape index (κ1) is 18.9. The fourth-order valence-electron chi connectivity index (χ4n) is 1.99. The van der Waals surface area contributed by atoms with Gasteiger partial charge in [0, 0.05) is 19.8 Å². The van der Waals surface area contributed by atoms with Gasteiger partial charge in [-0.2, -0.15) is 8.78 Å². The van der Waals surface area contributed by atoms with Crippen molar-refractivity contribution in [2.24, 2.45) is 0 Å². The van der Waals surface area contributed by atoms with E-state index in [0.717, 1.165) is 5.56 Å². The van der Waals surface area contributed by atoms with E-state index in [2.05, 4.69) is 4.98 Å². The van der Waals surface area contributed by atoms with E-state index in [1.807, 2.05) is 30.3 Å². The van der Waals surface area contributed by atoms with Crippen molar-refractivity contribution in [2.75, 3.05) is 13.7 Å². The highest BCUT2D eigenvalue weighted by Crippen LogP contribution is 2.26. The molecule has 0 spiro atoms. The van der Waals surface area contributed by atoms with Gasteiger partial charge in [0.05, 0.1) is 5.56 Å². The van der Waals surface area contributed by atoms with Gasteiger partial charge >= 0.3 is 5.97 Å². The third-order valence-electron chi connectivity index (χ3n) is 3.21. The molecule has 1 aromatic heterocycles. The maximum atomic E-state index is 12.5. The minimum atomic E-state index is -2.71. The van der Waals surface area contributed by atoms with Crippen molar-refractivity contribution in [1.82, 2.24) is 9.88 Å². The Morgan fingerprint density at radius 1 is 1.20 bits per heavy atom. The highest BCUT2D eigenvalue weighted by molar-refractivity contribution is 7.99. The van der Waals surface area contributed by atoms with E-state index >= 15 is 0 Å². The van der Waals surface area contributed by atoms with Gasteiger partial charge in [0.15, 0.2) is 6.61 Å². The normalized spacial score (nSPS) is 10.6. The smallest absolute Gasteiger partial charge is 0.341 e. The molecule has 0 fully saturated rings. The quantitative estimate of drug-likeness (QED) is 0.556. The van der Waals surface area contributed by atoms with Gasteiger partial charge in [-0.25, -0.2) is 9.78 Å². The highest BCUT2D eigenvalue weighted by atomic mass is 32.2. The molecule has 0 aliphatic carbocycles. The van der Waals surface area contributed by atoms with Crippen LogP contribution in [0.3, 0.4) is 0 Å². The Labute approximate surface area is 148 Å². The number of ether oxygens (including phenoxy) is 1. The summed E-state index contributed by atoms with van der Waals surface area (Å²) in [6.45, 7) is -0.105. The summed E-state index contributed by atoms with van der Waals surface area (Å²) in [4.78, 5) is 29.3. The molecule has 0 aliphatic heterocycles. The molecule has 1 heterocycles. The first-order valence-electron chi connectivity index (χ1n) is 7.32. The largest absolute Gasteiger partial charge is 0.452 e. The fourth-order valence-corrected chi connectivity index (χ4v) is 2.55. The number of carbonyl (C=O) groups is 2. The van der Waals surface area contributed by atoms with E-state index in [1.54, 1.807) is 7.05 Å². The van der Waals surface area contributed by atoms with Crippen molar-refractivity contribution in [3.05, 3.63) is 59.8 Å². The van der Waals surface area contributed by atoms with Crippen molar-refractivity contribution in [3.8, 4) is 0 Å². The van der Waals surface area contributed by atoms with Gasteiger partial charge in [-0.1, -0.05) is 30.3 Å². The second kappa shape index (κ2) is 9.12. The maximum absolute atomic E-state index is 12.5. The average molecular weight is 366 g/mol. The second-order valence-corrected chi connectivity index (χ2v) is 6.02. The van der Waals surface area contributed by atoms with Gasteiger partial charge in [-0.05, 0) is 29.5 Å². The Bertz CT molecular complexity index is 729. The number of amides is 1. The Morgan fingerprint density at radius 2 is 1.92 bits per heavy atom. The van der Waals surface area contributed by atoms with E-state index in [0.29, 0.717) is 6.54 Å². The van der Waals surface area contributed by atoms with Crippen molar-refractivity contribution >= 4 is 23.6 Å². The molecule has 8 heteroatoms. The molecule has 0 aliphatic rings. The Morgan fingerprint density at radius 3 is 2.60 bits per heavy atom. The van der Waals surface area contributed by atoms with Crippen LogP contribution in [0.15, 0.2) is 53.7 Å². The first-order chi connectivity index (χ1) is 12.0. The van der Waals surface area contributed by atoms with Gasteiger partial charge in [0.25, 0.3) is 11.7 Å². The zero-order valence-electron chi connectivity index (χ0n) is 13.4. The van der Waals surface area contributed by atoms with E-state index in [1.165, 1.54) is 23.2 Å². The van der Waals surface area contributed by atoms with Crippen LogP contribution in [0, 0.1) is 0 Å². The summed E-state index contributed by atoms with van der Waals surface area (Å²) in [5.74, 6) is -3.97. The number of nitrogens with zero attached hydrogens (tertiary/aromatic N) is 2. The average Bonchev–Trinajstić information content (AvgIpc) is 2.60. The van der Waals surface area contributed by atoms with Crippen LogP contribution in [0.1, 0.15) is 15.9 Å². The third kappa shape index (κ3) is 5.82. The number of thioether (sulfide) groups is 1. The monoisotopic (exact) mass is 366 g/mol. The SMILES string of the molecule is CN(Cc1ccccc1)C(=O)COC(=O)c1cccnc1SC(F)F. The molecule has 1 aromatic carbocycles. The molecule has 0 bridgehead atoms. The molecule has 0 N–H and O–H groups in total. The lowest BCUT2D eigenvalue weighted by atomic mass is 10.2. The minimum Gasteiger partial charge on any atom is -0.452 e. The number of likely N-dealkylation sites (N-methyl/N-ethyl adjacent to an activating group) is 1. The van der Waals surface area contributed by atoms with Crippen LogP contribution in [0.2, 0.25) is 0 Å². The third-order valence-corrected chi connectivity index (χ3v) is 3.93. The van der Waals surface area contributed by atoms with Crippen LogP contribution in [-0.2, 0) is 16.1 Å². The zero-order chi connectivity index (χ0) is 18.2. The first-order valence-corrected chi connectivity index (χ1v) is 8.20. The summed E-state index contributed by atoms with van der Waals surface area (Å²) in [5, 5.41) is -0.132. The Hall–Kier alpha value is -2.48. The van der Waals surface area contributed by atoms with Gasteiger partial charge in [0.2, 0.25) is 0 Å². The minimum absolute atomic E-state index is 0.0914. The van der Waals surface area contributed by atoms with Gasteiger partial charge in [0.1, 0.15) is 5.03 Å². The summed E-state index contributed by atoms with van der Waals surface area (Å²) >= 11 is 0.155. The molecule has 0 radical (unpaired) electrons. The summed E-state index contributed by atoms with van der Waals surface area (Å²) < 4.78 is 29.9. The van der Waals surface area contributed by atoms with E-state index < -0.39 is 24.2 Å². The molecule has 25 heavy (non-hydrogen) atoms. The lowest BCUT2D eigenvalue weighted by molar-refractivity contribution is -0.133. The number of rotatable bonds is 7. The van der Waals surface area contributed by atoms with E-state index in [4.69, 9.17) is 4.74 Å². The standard InChI is InChI=1S/C17H16F2N2O3S/c1-21(10-12-6-3-2-4-7-12)14(22)11-24-16(23)13-8-5-9-20-15(13)25-17(18)19/h2-9,17H,10-11H2,1H3. The summed E-state index contributed by atoms with van der Waals surface area (Å²) in [5.41, 5.74) is 0.846. The molecule has 1 amide bonds. The molecule has 0 saturated heterocycles. The maximum Gasteiger partial charge on any atom is 0.341 e. The highest BCUT2D eigenvalue weighted by Gasteiger charge is 2.19. The number of hydrogen-bond acceptors (Lipinski definition) is 5. The molecular formula is C17H16F2N2O3S. The van der Waals surface area contributed by atoms with Crippen LogP contribution in [0.25, 0.3) is 0 Å². The number of benzene rings is 1. The topological polar surface area (TPSA) is 59.5 Å². The Balaban J connectivity index is 1.92. The molecule has 132 valence electrons. The number of alkyl halides is 2. The number of esters is 1. The van der Waals surface area contributed by atoms with E-state index in [-0.39, 0.29) is 22.4 Å². The second-order valence-electron chi connectivity index (χ2n) is 5.05. The van der Waals surface area contributed by atoms with Crippen LogP contribution < -0.4 is 0 Å². The number of carbonyl (C=O) groups excluding carboxylic acids is 2. The van der Waals surface area contributed by atoms with Gasteiger partial charge in [-0.15, -0.1) is 0 Å². The Kier molecular flexibility index (Phi) is 6.88. The predicted octanol–water partition coefficient (Wildman–Crippen LogP) is 3.21. The van der Waals surface area contributed by atoms with Crippen molar-refractivity contribution in [3.63, 3.8) is 0 Å². The van der Waals surface area contributed by atoms with Gasteiger partial charge in [-0.3, -0.25) is 4.79 Å². The number of pyridine rings is 1. The van der Waals surface area contributed by atoms with E-state index in [9.17, 15) is 18.4 Å². The molecule has 2 aromatic rings. The van der Waals surface area contributed by atoms with Crippen molar-refractivity contribution in [2.45, 2.75) is 17.3 Å². The number of hydrogen-bond donors (Lipinski definition) is 0. The molecule has 5 nitrogen and oxygen atoms in total. The molecule has 2 rings (SSSR count). The lowest BCUT2D eigenvalue weighted by Crippen LogP contribution is -2.30. The van der Waals surface area contributed by atoms with Crippen molar-refractivity contribution in [1.29, 1.82) is 0 Å². The molecule has 0 saturated carbocycles. The van der Waals surface area contributed by atoms with Crippen LogP contribution in [0.4, 0.5) is 8.78 Å². The lowest BCUT2D eigenvalue weighted by Gasteiger charge is -2.17. The summed E-state index contributed by atoms with van der Waals surface area (Å²) in [6, 6.07) is 12.1. The fraction of sp³-hybridized carbons (Fsp3) is 0.235. The molecule has 0 atom stereocenters. The summed E-state index contributed by atoms with van der Waals surface area (Å²) in [7, 11) is 1.59. The van der Waals surface area contributed by atoms with Crippen LogP contribution >= 0.6 is 11.8 Å². The van der Waals surface area contributed by atoms with Crippen molar-refractivity contribution < 1.29 is 23.1 Å². The molecular weight excluding hydrogens is 350 g/mol.